The Morgan fingerprint density at radius 3 is 2.41 bits per heavy atom. The van der Waals surface area contributed by atoms with E-state index in [0.717, 1.165) is 28.2 Å². The Hall–Kier alpha value is -2.35. The predicted molar refractivity (Wildman–Crippen MR) is 114 cm³/mol. The van der Waals surface area contributed by atoms with Gasteiger partial charge in [0.25, 0.3) is 5.92 Å². The molecular formula is C21H25F2N3O2S. The van der Waals surface area contributed by atoms with Crippen LogP contribution in [0.1, 0.15) is 6.42 Å². The Morgan fingerprint density at radius 1 is 1.07 bits per heavy atom. The Balaban J connectivity index is 1.51. The van der Waals surface area contributed by atoms with Crippen LogP contribution in [0.25, 0.3) is 11.1 Å². The van der Waals surface area contributed by atoms with Crippen LogP contribution in [0.2, 0.25) is 0 Å². The summed E-state index contributed by atoms with van der Waals surface area (Å²) in [5.74, 6) is -2.75. The van der Waals surface area contributed by atoms with Gasteiger partial charge in [-0.2, -0.15) is 0 Å². The van der Waals surface area contributed by atoms with Crippen LogP contribution < -0.4 is 15.5 Å². The lowest BCUT2D eigenvalue weighted by molar-refractivity contribution is 0.101. The number of sulfone groups is 1. The normalized spacial score (nSPS) is 22.2. The first-order chi connectivity index (χ1) is 13.8. The van der Waals surface area contributed by atoms with Crippen molar-refractivity contribution in [3.63, 3.8) is 0 Å². The highest BCUT2D eigenvalue weighted by atomic mass is 32.2. The molecule has 1 saturated heterocycles. The predicted octanol–water partition coefficient (Wildman–Crippen LogP) is 3.70. The van der Waals surface area contributed by atoms with E-state index >= 15 is 0 Å². The maximum absolute atomic E-state index is 13.1. The lowest BCUT2D eigenvalue weighted by atomic mass is 10.0. The third kappa shape index (κ3) is 4.47. The molecule has 0 spiro atoms. The van der Waals surface area contributed by atoms with Gasteiger partial charge in [0.1, 0.15) is 0 Å². The molecule has 1 unspecified atom stereocenters. The van der Waals surface area contributed by atoms with E-state index in [9.17, 15) is 17.2 Å². The summed E-state index contributed by atoms with van der Waals surface area (Å²) in [6.45, 7) is 1.26. The fraction of sp³-hybridized carbons (Fsp3) is 0.429. The minimum absolute atomic E-state index is 0.0441. The van der Waals surface area contributed by atoms with Crippen LogP contribution in [0.5, 0.6) is 0 Å². The number of halogens is 2. The number of nitrogens with zero attached hydrogens (tertiary/aromatic N) is 1. The summed E-state index contributed by atoms with van der Waals surface area (Å²) in [5, 5.41) is 6.25. The molecule has 0 radical (unpaired) electrons. The van der Waals surface area contributed by atoms with Crippen molar-refractivity contribution in [3.8, 4) is 11.1 Å². The molecule has 2 N–H and O–H groups in total. The van der Waals surface area contributed by atoms with Gasteiger partial charge in [-0.1, -0.05) is 18.2 Å². The second-order valence-electron chi connectivity index (χ2n) is 7.74. The van der Waals surface area contributed by atoms with E-state index in [1.807, 2.05) is 36.4 Å². The Bertz CT molecular complexity index is 997. The lowest BCUT2D eigenvalue weighted by Crippen LogP contribution is -2.40. The minimum atomic E-state index is -2.92. The highest BCUT2D eigenvalue weighted by molar-refractivity contribution is 7.91. The van der Waals surface area contributed by atoms with Crippen molar-refractivity contribution >= 4 is 26.9 Å². The third-order valence-electron chi connectivity index (χ3n) is 5.67. The van der Waals surface area contributed by atoms with Crippen molar-refractivity contribution in [2.24, 2.45) is 5.92 Å². The topological polar surface area (TPSA) is 61.4 Å². The van der Waals surface area contributed by atoms with Crippen molar-refractivity contribution in [1.29, 1.82) is 0 Å². The molecule has 1 aliphatic carbocycles. The summed E-state index contributed by atoms with van der Waals surface area (Å²) in [5.41, 5.74) is 4.68. The molecule has 2 aromatic rings. The number of hydrogen-bond donors (Lipinski definition) is 2. The van der Waals surface area contributed by atoms with Gasteiger partial charge in [0.2, 0.25) is 0 Å². The summed E-state index contributed by atoms with van der Waals surface area (Å²) >= 11 is 0. The second-order valence-corrected chi connectivity index (χ2v) is 10.0. The van der Waals surface area contributed by atoms with Gasteiger partial charge in [-0.05, 0) is 35.4 Å². The van der Waals surface area contributed by atoms with E-state index in [1.165, 1.54) is 0 Å². The van der Waals surface area contributed by atoms with Gasteiger partial charge in [-0.3, -0.25) is 0 Å². The number of alkyl halides is 2. The highest BCUT2D eigenvalue weighted by Crippen LogP contribution is 2.48. The van der Waals surface area contributed by atoms with Gasteiger partial charge in [0, 0.05) is 44.7 Å². The number of nitrogens with one attached hydrogen (secondary N) is 2. The Kier molecular flexibility index (Phi) is 5.14. The number of anilines is 3. The van der Waals surface area contributed by atoms with Crippen molar-refractivity contribution in [1.82, 2.24) is 0 Å². The van der Waals surface area contributed by atoms with Gasteiger partial charge in [0.15, 0.2) is 9.84 Å². The van der Waals surface area contributed by atoms with Crippen molar-refractivity contribution in [2.45, 2.75) is 12.3 Å². The monoisotopic (exact) mass is 421 g/mol. The first kappa shape index (κ1) is 19.9. The maximum Gasteiger partial charge on any atom is 0.253 e. The summed E-state index contributed by atoms with van der Waals surface area (Å²) < 4.78 is 49.6. The fourth-order valence-corrected chi connectivity index (χ4v) is 4.86. The zero-order valence-corrected chi connectivity index (χ0v) is 17.1. The molecular weight excluding hydrogens is 396 g/mol. The molecule has 1 saturated carbocycles. The van der Waals surface area contributed by atoms with E-state index in [1.54, 1.807) is 7.05 Å². The molecule has 1 atom stereocenters. The SMILES string of the molecule is CNc1cc(-c2cccc(N3CCS(=O)(=O)CC3)c2)ccc1NCC1CC1(F)F. The van der Waals surface area contributed by atoms with Crippen molar-refractivity contribution < 1.29 is 17.2 Å². The smallest absolute Gasteiger partial charge is 0.253 e. The van der Waals surface area contributed by atoms with Crippen LogP contribution in [-0.2, 0) is 9.84 Å². The molecule has 2 aliphatic rings. The minimum Gasteiger partial charge on any atom is -0.386 e. The quantitative estimate of drug-likeness (QED) is 0.745. The van der Waals surface area contributed by atoms with Gasteiger partial charge >= 0.3 is 0 Å². The largest absolute Gasteiger partial charge is 0.386 e. The Morgan fingerprint density at radius 2 is 1.76 bits per heavy atom. The molecule has 1 aliphatic heterocycles. The molecule has 29 heavy (non-hydrogen) atoms. The van der Waals surface area contributed by atoms with Crippen LogP contribution in [-0.4, -0.2) is 52.5 Å². The number of benzene rings is 2. The summed E-state index contributed by atoms with van der Waals surface area (Å²) in [6.07, 6.45) is -0.0441. The molecule has 8 heteroatoms. The first-order valence-corrected chi connectivity index (χ1v) is 11.6. The van der Waals surface area contributed by atoms with Crippen LogP contribution >= 0.6 is 0 Å². The molecule has 0 aromatic heterocycles. The molecule has 156 valence electrons. The molecule has 2 fully saturated rings. The van der Waals surface area contributed by atoms with E-state index in [2.05, 4.69) is 21.6 Å². The summed E-state index contributed by atoms with van der Waals surface area (Å²) in [6, 6.07) is 13.9. The van der Waals surface area contributed by atoms with Crippen LogP contribution in [0, 0.1) is 5.92 Å². The third-order valence-corrected chi connectivity index (χ3v) is 7.28. The van der Waals surface area contributed by atoms with Gasteiger partial charge in [-0.25, -0.2) is 17.2 Å². The molecule has 0 amide bonds. The van der Waals surface area contributed by atoms with Crippen molar-refractivity contribution in [3.05, 3.63) is 42.5 Å². The lowest BCUT2D eigenvalue weighted by Gasteiger charge is -2.29. The van der Waals surface area contributed by atoms with Crippen molar-refractivity contribution in [2.75, 3.05) is 53.7 Å². The van der Waals surface area contributed by atoms with Crippen LogP contribution in [0.15, 0.2) is 42.5 Å². The van der Waals surface area contributed by atoms with Crippen LogP contribution in [0.3, 0.4) is 0 Å². The molecule has 0 bridgehead atoms. The molecule has 5 nitrogen and oxygen atoms in total. The fourth-order valence-electron chi connectivity index (χ4n) is 3.66. The van der Waals surface area contributed by atoms with Crippen LogP contribution in [0.4, 0.5) is 25.8 Å². The van der Waals surface area contributed by atoms with E-state index in [4.69, 9.17) is 0 Å². The van der Waals surface area contributed by atoms with Gasteiger partial charge < -0.3 is 15.5 Å². The van der Waals surface area contributed by atoms with E-state index < -0.39 is 21.7 Å². The number of rotatable bonds is 6. The van der Waals surface area contributed by atoms with E-state index in [0.29, 0.717) is 13.1 Å². The van der Waals surface area contributed by atoms with Gasteiger partial charge in [-0.15, -0.1) is 0 Å². The highest BCUT2D eigenvalue weighted by Gasteiger charge is 2.56. The summed E-state index contributed by atoms with van der Waals surface area (Å²) in [4.78, 5) is 2.09. The molecule has 2 aromatic carbocycles. The average Bonchev–Trinajstić information content (AvgIpc) is 3.32. The Labute approximate surface area is 170 Å². The first-order valence-electron chi connectivity index (χ1n) is 9.77. The number of hydrogen-bond acceptors (Lipinski definition) is 5. The zero-order valence-electron chi connectivity index (χ0n) is 16.3. The standard InChI is InChI=1S/C21H25F2N3O2S/c1-24-20-12-16(5-6-19(20)25-14-17-13-21(17,22)23)15-3-2-4-18(11-15)26-7-9-29(27,28)10-8-26/h2-6,11-12,17,24-25H,7-10,13-14H2,1H3. The second kappa shape index (κ2) is 7.48. The van der Waals surface area contributed by atoms with Gasteiger partial charge in [0.05, 0.1) is 22.9 Å². The maximum atomic E-state index is 13.1. The molecule has 1 heterocycles. The summed E-state index contributed by atoms with van der Waals surface area (Å²) in [7, 11) is -1.11. The van der Waals surface area contributed by atoms with E-state index in [-0.39, 0.29) is 24.5 Å². The molecule has 4 rings (SSSR count). The zero-order chi connectivity index (χ0) is 20.6. The average molecular weight is 422 g/mol.